The topological polar surface area (TPSA) is 48.3 Å². The fraction of sp³-hybridized carbons (Fsp3) is 0.400. The lowest BCUT2D eigenvalue weighted by molar-refractivity contribution is 0.112. The Morgan fingerprint density at radius 1 is 1.57 bits per heavy atom. The van der Waals surface area contributed by atoms with Crippen LogP contribution in [-0.2, 0) is 4.74 Å². The van der Waals surface area contributed by atoms with Gasteiger partial charge >= 0.3 is 0 Å². The predicted octanol–water partition coefficient (Wildman–Crippen LogP) is 0.622. The van der Waals surface area contributed by atoms with Crippen molar-refractivity contribution in [2.45, 2.75) is 12.5 Å². The second-order valence-corrected chi connectivity index (χ2v) is 3.31. The van der Waals surface area contributed by atoms with Gasteiger partial charge in [0.25, 0.3) is 5.56 Å². The van der Waals surface area contributed by atoms with Gasteiger partial charge in [0.1, 0.15) is 0 Å². The zero-order valence-corrected chi connectivity index (χ0v) is 7.68. The van der Waals surface area contributed by atoms with E-state index in [1.54, 1.807) is 16.8 Å². The second-order valence-electron chi connectivity index (χ2n) is 3.31. The van der Waals surface area contributed by atoms with Gasteiger partial charge in [0, 0.05) is 12.8 Å². The quantitative estimate of drug-likeness (QED) is 0.647. The number of hydrogen-bond acceptors (Lipinski definition) is 3. The van der Waals surface area contributed by atoms with Crippen molar-refractivity contribution < 1.29 is 9.53 Å². The van der Waals surface area contributed by atoms with Crippen molar-refractivity contribution in [1.29, 1.82) is 0 Å². The lowest BCUT2D eigenvalue weighted by Crippen LogP contribution is -2.26. The molecule has 0 aliphatic carbocycles. The number of aromatic nitrogens is 1. The van der Waals surface area contributed by atoms with E-state index >= 15 is 0 Å². The monoisotopic (exact) mass is 193 g/mol. The average Bonchev–Trinajstić information content (AvgIpc) is 2.71. The highest BCUT2D eigenvalue weighted by molar-refractivity contribution is 5.73. The van der Waals surface area contributed by atoms with E-state index in [0.717, 1.165) is 6.42 Å². The maximum absolute atomic E-state index is 11.7. The van der Waals surface area contributed by atoms with Crippen molar-refractivity contribution in [3.8, 4) is 0 Å². The minimum absolute atomic E-state index is 0.0856. The summed E-state index contributed by atoms with van der Waals surface area (Å²) in [4.78, 5) is 22.2. The van der Waals surface area contributed by atoms with Gasteiger partial charge in [-0.25, -0.2) is 0 Å². The molecule has 0 radical (unpaired) electrons. The van der Waals surface area contributed by atoms with Crippen LogP contribution < -0.4 is 5.56 Å². The van der Waals surface area contributed by atoms with Gasteiger partial charge in [0.2, 0.25) is 0 Å². The van der Waals surface area contributed by atoms with Crippen molar-refractivity contribution in [1.82, 2.24) is 4.57 Å². The summed E-state index contributed by atoms with van der Waals surface area (Å²) in [5, 5.41) is 0. The summed E-state index contributed by atoms with van der Waals surface area (Å²) in [6.07, 6.45) is 3.13. The van der Waals surface area contributed by atoms with Gasteiger partial charge in [-0.2, -0.15) is 0 Å². The normalized spacial score (nSPS) is 21.0. The molecule has 1 saturated heterocycles. The molecule has 0 saturated carbocycles. The summed E-state index contributed by atoms with van der Waals surface area (Å²) >= 11 is 0. The van der Waals surface area contributed by atoms with Gasteiger partial charge in [0.05, 0.1) is 18.2 Å². The van der Waals surface area contributed by atoms with Gasteiger partial charge in [-0.05, 0) is 18.6 Å². The molecule has 0 spiro atoms. The molecule has 1 aliphatic rings. The first kappa shape index (κ1) is 9.15. The highest BCUT2D eigenvalue weighted by Gasteiger charge is 2.18. The Labute approximate surface area is 81.1 Å². The number of hydrogen-bond donors (Lipinski definition) is 0. The van der Waals surface area contributed by atoms with Gasteiger partial charge in [-0.15, -0.1) is 0 Å². The van der Waals surface area contributed by atoms with E-state index in [1.165, 1.54) is 6.07 Å². The standard InChI is InChI=1S/C10H11NO3/c12-6-8-2-1-4-11(10(8)13)9-3-5-14-7-9/h1-2,4,6,9H,3,5,7H2. The van der Waals surface area contributed by atoms with E-state index in [9.17, 15) is 9.59 Å². The van der Waals surface area contributed by atoms with Gasteiger partial charge < -0.3 is 9.30 Å². The van der Waals surface area contributed by atoms with Crippen LogP contribution in [0, 0.1) is 0 Å². The average molecular weight is 193 g/mol. The first-order chi connectivity index (χ1) is 6.83. The highest BCUT2D eigenvalue weighted by atomic mass is 16.5. The third-order valence-corrected chi connectivity index (χ3v) is 2.43. The lowest BCUT2D eigenvalue weighted by atomic mass is 10.2. The first-order valence-electron chi connectivity index (χ1n) is 4.57. The number of carbonyl (C=O) groups excluding carboxylic acids is 1. The van der Waals surface area contributed by atoms with Crippen LogP contribution in [0.25, 0.3) is 0 Å². The first-order valence-corrected chi connectivity index (χ1v) is 4.57. The fourth-order valence-electron chi connectivity index (χ4n) is 1.65. The van der Waals surface area contributed by atoms with Crippen molar-refractivity contribution in [3.05, 3.63) is 34.2 Å². The molecule has 1 aromatic rings. The van der Waals surface area contributed by atoms with Crippen LogP contribution in [0.5, 0.6) is 0 Å². The molecule has 0 bridgehead atoms. The summed E-state index contributed by atoms with van der Waals surface area (Å²) in [6, 6.07) is 3.33. The fourth-order valence-corrected chi connectivity index (χ4v) is 1.65. The second kappa shape index (κ2) is 3.75. The molecule has 4 heteroatoms. The Balaban J connectivity index is 2.42. The van der Waals surface area contributed by atoms with Crippen molar-refractivity contribution in [2.24, 2.45) is 0 Å². The molecule has 1 atom stereocenters. The third kappa shape index (κ3) is 1.48. The third-order valence-electron chi connectivity index (χ3n) is 2.43. The summed E-state index contributed by atoms with van der Waals surface area (Å²) in [6.45, 7) is 1.24. The van der Waals surface area contributed by atoms with Crippen LogP contribution >= 0.6 is 0 Å². The van der Waals surface area contributed by atoms with Crippen LogP contribution in [0.2, 0.25) is 0 Å². The summed E-state index contributed by atoms with van der Waals surface area (Å²) in [5.41, 5.74) is -0.0163. The number of ether oxygens (including phenoxy) is 1. The molecular formula is C10H11NO3. The van der Waals surface area contributed by atoms with Gasteiger partial charge in [0.15, 0.2) is 6.29 Å². The molecule has 2 rings (SSSR count). The molecular weight excluding hydrogens is 182 g/mol. The Kier molecular flexibility index (Phi) is 2.45. The van der Waals surface area contributed by atoms with Gasteiger partial charge in [-0.1, -0.05) is 0 Å². The number of pyridine rings is 1. The van der Waals surface area contributed by atoms with E-state index in [1.807, 2.05) is 0 Å². The number of rotatable bonds is 2. The Morgan fingerprint density at radius 3 is 3.07 bits per heavy atom. The molecule has 2 heterocycles. The van der Waals surface area contributed by atoms with Crippen LogP contribution in [0.3, 0.4) is 0 Å². The van der Waals surface area contributed by atoms with Crippen LogP contribution in [0.15, 0.2) is 23.1 Å². The zero-order chi connectivity index (χ0) is 9.97. The Bertz CT molecular complexity index is 391. The van der Waals surface area contributed by atoms with Gasteiger partial charge in [-0.3, -0.25) is 9.59 Å². The largest absolute Gasteiger partial charge is 0.379 e. The number of aldehydes is 1. The molecule has 1 unspecified atom stereocenters. The smallest absolute Gasteiger partial charge is 0.261 e. The molecule has 0 amide bonds. The van der Waals surface area contributed by atoms with Crippen LogP contribution in [-0.4, -0.2) is 24.1 Å². The van der Waals surface area contributed by atoms with Crippen LogP contribution in [0.4, 0.5) is 0 Å². The molecule has 1 aliphatic heterocycles. The maximum atomic E-state index is 11.7. The molecule has 74 valence electrons. The molecule has 14 heavy (non-hydrogen) atoms. The van der Waals surface area contributed by atoms with E-state index < -0.39 is 0 Å². The van der Waals surface area contributed by atoms with Crippen molar-refractivity contribution in [3.63, 3.8) is 0 Å². The molecule has 0 aromatic carbocycles. The summed E-state index contributed by atoms with van der Waals surface area (Å²) in [7, 11) is 0. The molecule has 1 fully saturated rings. The minimum Gasteiger partial charge on any atom is -0.379 e. The molecule has 4 nitrogen and oxygen atoms in total. The van der Waals surface area contributed by atoms with Crippen molar-refractivity contribution >= 4 is 6.29 Å². The van der Waals surface area contributed by atoms with E-state index in [-0.39, 0.29) is 17.2 Å². The molecule has 1 aromatic heterocycles. The summed E-state index contributed by atoms with van der Waals surface area (Å²) in [5.74, 6) is 0. The predicted molar refractivity (Wildman–Crippen MR) is 50.6 cm³/mol. The number of nitrogens with zero attached hydrogens (tertiary/aromatic N) is 1. The minimum atomic E-state index is -0.224. The number of carbonyl (C=O) groups is 1. The van der Waals surface area contributed by atoms with Crippen molar-refractivity contribution in [2.75, 3.05) is 13.2 Å². The Hall–Kier alpha value is -1.42. The Morgan fingerprint density at radius 2 is 2.43 bits per heavy atom. The molecule has 0 N–H and O–H groups in total. The van der Waals surface area contributed by atoms with E-state index in [2.05, 4.69) is 0 Å². The zero-order valence-electron chi connectivity index (χ0n) is 7.68. The lowest BCUT2D eigenvalue weighted by Gasteiger charge is -2.11. The van der Waals surface area contributed by atoms with E-state index in [4.69, 9.17) is 4.74 Å². The maximum Gasteiger partial charge on any atom is 0.261 e. The SMILES string of the molecule is O=Cc1cccn(C2CCOC2)c1=O. The summed E-state index contributed by atoms with van der Waals surface area (Å²) < 4.78 is 6.77. The highest BCUT2D eigenvalue weighted by Crippen LogP contribution is 2.16. The van der Waals surface area contributed by atoms with Crippen LogP contribution in [0.1, 0.15) is 22.8 Å². The van der Waals surface area contributed by atoms with E-state index in [0.29, 0.717) is 19.5 Å².